The minimum atomic E-state index is 0.533. The molecular weight excluding hydrogens is 254 g/mol. The highest BCUT2D eigenvalue weighted by molar-refractivity contribution is 5.31. The molecule has 1 unspecified atom stereocenters. The topological polar surface area (TPSA) is 3.24 Å². The summed E-state index contributed by atoms with van der Waals surface area (Å²) in [5.41, 5.74) is 4.21. The summed E-state index contributed by atoms with van der Waals surface area (Å²) >= 11 is 0. The molecule has 0 saturated carbocycles. The second-order valence-electron chi connectivity index (χ2n) is 8.53. The minimum Gasteiger partial charge on any atom is -0.301 e. The number of likely N-dealkylation sites (tertiary alicyclic amines) is 1. The van der Waals surface area contributed by atoms with Crippen molar-refractivity contribution >= 4 is 0 Å². The fraction of sp³-hybridized carbons (Fsp3) is 0.900. The second kappa shape index (κ2) is 6.44. The van der Waals surface area contributed by atoms with E-state index in [0.717, 1.165) is 17.8 Å². The molecule has 1 heteroatoms. The molecule has 1 heterocycles. The maximum Gasteiger partial charge on any atom is 0.00386 e. The first-order valence-corrected chi connectivity index (χ1v) is 9.27. The number of allylic oxidation sites excluding steroid dienone is 2. The summed E-state index contributed by atoms with van der Waals surface area (Å²) < 4.78 is 0. The Bertz CT molecular complexity index is 381. The third-order valence-electron chi connectivity index (χ3n) is 6.15. The van der Waals surface area contributed by atoms with Gasteiger partial charge in [0.05, 0.1) is 0 Å². The average molecular weight is 292 g/mol. The van der Waals surface area contributed by atoms with Gasteiger partial charge in [-0.2, -0.15) is 0 Å². The highest BCUT2D eigenvalue weighted by atomic mass is 15.2. The van der Waals surface area contributed by atoms with Gasteiger partial charge in [-0.25, -0.2) is 0 Å². The molecule has 21 heavy (non-hydrogen) atoms. The van der Waals surface area contributed by atoms with E-state index in [4.69, 9.17) is 0 Å². The quantitative estimate of drug-likeness (QED) is 0.619. The standard InChI is InChI=1S/C20H37N/c1-14(2)18-17(7)8-9-20(19(18)15(3)4)10-12-21(13-11-20)16(5)6/h14-17H,8-13H2,1-7H3. The SMILES string of the molecule is CC(C)C1=C(C(C)C)C2(CCC1C)CCN(C(C)C)CC2. The fourth-order valence-corrected chi connectivity index (χ4v) is 5.17. The molecule has 0 amide bonds. The maximum atomic E-state index is 2.68. The lowest BCUT2D eigenvalue weighted by Gasteiger charge is -2.51. The number of rotatable bonds is 3. The van der Waals surface area contributed by atoms with Crippen LogP contribution >= 0.6 is 0 Å². The number of hydrogen-bond acceptors (Lipinski definition) is 1. The predicted octanol–water partition coefficient (Wildman–Crippen LogP) is 5.52. The highest BCUT2D eigenvalue weighted by Gasteiger charge is 2.44. The Morgan fingerprint density at radius 3 is 1.90 bits per heavy atom. The molecule has 1 nitrogen and oxygen atoms in total. The zero-order valence-electron chi connectivity index (χ0n) is 15.5. The van der Waals surface area contributed by atoms with Gasteiger partial charge in [0, 0.05) is 6.04 Å². The average Bonchev–Trinajstić information content (AvgIpc) is 2.41. The highest BCUT2D eigenvalue weighted by Crippen LogP contribution is 2.53. The summed E-state index contributed by atoms with van der Waals surface area (Å²) in [6.07, 6.45) is 5.62. The molecule has 0 aromatic rings. The Balaban J connectivity index is 2.34. The van der Waals surface area contributed by atoms with E-state index in [1.165, 1.54) is 38.8 Å². The summed E-state index contributed by atoms with van der Waals surface area (Å²) in [5, 5.41) is 0. The van der Waals surface area contributed by atoms with E-state index < -0.39 is 0 Å². The number of piperidine rings is 1. The van der Waals surface area contributed by atoms with Crippen LogP contribution in [-0.2, 0) is 0 Å². The van der Waals surface area contributed by atoms with Crippen molar-refractivity contribution < 1.29 is 0 Å². The zero-order chi connectivity index (χ0) is 15.8. The van der Waals surface area contributed by atoms with Gasteiger partial charge in [0.15, 0.2) is 0 Å². The normalized spacial score (nSPS) is 27.4. The van der Waals surface area contributed by atoms with Crippen LogP contribution in [0.15, 0.2) is 11.1 Å². The van der Waals surface area contributed by atoms with Crippen LogP contribution in [0.3, 0.4) is 0 Å². The van der Waals surface area contributed by atoms with Crippen LogP contribution in [0.5, 0.6) is 0 Å². The summed E-state index contributed by atoms with van der Waals surface area (Å²) in [5.74, 6) is 2.24. The van der Waals surface area contributed by atoms with E-state index in [2.05, 4.69) is 53.4 Å². The van der Waals surface area contributed by atoms with Gasteiger partial charge in [-0.05, 0) is 75.8 Å². The van der Waals surface area contributed by atoms with E-state index in [-0.39, 0.29) is 0 Å². The molecule has 2 rings (SSSR count). The summed E-state index contributed by atoms with van der Waals surface area (Å²) in [4.78, 5) is 2.68. The molecule has 0 aromatic heterocycles. The molecule has 1 atom stereocenters. The molecule has 0 bridgehead atoms. The van der Waals surface area contributed by atoms with Crippen molar-refractivity contribution in [3.8, 4) is 0 Å². The monoisotopic (exact) mass is 291 g/mol. The molecule has 122 valence electrons. The Morgan fingerprint density at radius 1 is 0.905 bits per heavy atom. The molecule has 2 aliphatic rings. The van der Waals surface area contributed by atoms with Gasteiger partial charge in [0.1, 0.15) is 0 Å². The molecule has 0 radical (unpaired) electrons. The first-order valence-electron chi connectivity index (χ1n) is 9.27. The molecule has 0 N–H and O–H groups in total. The van der Waals surface area contributed by atoms with Crippen molar-refractivity contribution in [2.24, 2.45) is 23.2 Å². The van der Waals surface area contributed by atoms with E-state index >= 15 is 0 Å². The lowest BCUT2D eigenvalue weighted by molar-refractivity contribution is 0.0813. The van der Waals surface area contributed by atoms with Crippen molar-refractivity contribution in [3.05, 3.63) is 11.1 Å². The smallest absolute Gasteiger partial charge is 0.00386 e. The van der Waals surface area contributed by atoms with Crippen LogP contribution in [0.4, 0.5) is 0 Å². The Morgan fingerprint density at radius 2 is 1.48 bits per heavy atom. The summed E-state index contributed by atoms with van der Waals surface area (Å²) in [6.45, 7) is 19.5. The van der Waals surface area contributed by atoms with Crippen molar-refractivity contribution in [3.63, 3.8) is 0 Å². The Hall–Kier alpha value is -0.300. The van der Waals surface area contributed by atoms with Crippen molar-refractivity contribution in [1.29, 1.82) is 0 Å². The zero-order valence-corrected chi connectivity index (χ0v) is 15.5. The lowest BCUT2D eigenvalue weighted by atomic mass is 9.58. The maximum absolute atomic E-state index is 2.68. The second-order valence-corrected chi connectivity index (χ2v) is 8.53. The van der Waals surface area contributed by atoms with Crippen LogP contribution in [0, 0.1) is 23.2 Å². The van der Waals surface area contributed by atoms with Crippen LogP contribution in [0.1, 0.15) is 74.1 Å². The first-order chi connectivity index (χ1) is 9.78. The van der Waals surface area contributed by atoms with Gasteiger partial charge in [-0.3, -0.25) is 0 Å². The Labute approximate surface area is 133 Å². The van der Waals surface area contributed by atoms with Gasteiger partial charge in [0.25, 0.3) is 0 Å². The largest absolute Gasteiger partial charge is 0.301 e. The number of hydrogen-bond donors (Lipinski definition) is 0. The lowest BCUT2D eigenvalue weighted by Crippen LogP contribution is -2.46. The molecular formula is C20H37N. The van der Waals surface area contributed by atoms with Gasteiger partial charge in [-0.15, -0.1) is 0 Å². The third kappa shape index (κ3) is 3.23. The van der Waals surface area contributed by atoms with Gasteiger partial charge < -0.3 is 4.90 Å². The van der Waals surface area contributed by atoms with E-state index in [0.29, 0.717) is 11.5 Å². The van der Waals surface area contributed by atoms with Crippen molar-refractivity contribution in [1.82, 2.24) is 4.90 Å². The molecule has 1 spiro atoms. The molecule has 1 aliphatic carbocycles. The van der Waals surface area contributed by atoms with Crippen LogP contribution in [0.2, 0.25) is 0 Å². The van der Waals surface area contributed by atoms with E-state index in [9.17, 15) is 0 Å². The van der Waals surface area contributed by atoms with E-state index in [1.807, 2.05) is 11.1 Å². The molecule has 1 fully saturated rings. The summed E-state index contributed by atoms with van der Waals surface area (Å²) in [7, 11) is 0. The van der Waals surface area contributed by atoms with Crippen molar-refractivity contribution in [2.75, 3.05) is 13.1 Å². The van der Waals surface area contributed by atoms with E-state index in [1.54, 1.807) is 0 Å². The predicted molar refractivity (Wildman–Crippen MR) is 93.5 cm³/mol. The summed E-state index contributed by atoms with van der Waals surface area (Å²) in [6, 6.07) is 0.709. The molecule has 1 saturated heterocycles. The molecule has 0 aromatic carbocycles. The minimum absolute atomic E-state index is 0.533. The van der Waals surface area contributed by atoms with Crippen LogP contribution in [0.25, 0.3) is 0 Å². The van der Waals surface area contributed by atoms with Gasteiger partial charge in [-0.1, -0.05) is 45.8 Å². The van der Waals surface area contributed by atoms with Crippen LogP contribution in [-0.4, -0.2) is 24.0 Å². The molecule has 1 aliphatic heterocycles. The number of nitrogens with zero attached hydrogens (tertiary/aromatic N) is 1. The van der Waals surface area contributed by atoms with Crippen LogP contribution < -0.4 is 0 Å². The first kappa shape index (κ1) is 17.1. The third-order valence-corrected chi connectivity index (χ3v) is 6.15. The van der Waals surface area contributed by atoms with Gasteiger partial charge in [0.2, 0.25) is 0 Å². The van der Waals surface area contributed by atoms with Crippen molar-refractivity contribution in [2.45, 2.75) is 80.2 Å². The fourth-order valence-electron chi connectivity index (χ4n) is 5.17. The van der Waals surface area contributed by atoms with Gasteiger partial charge >= 0.3 is 0 Å². The Kier molecular flexibility index (Phi) is 5.23.